The molecule has 0 atom stereocenters. The van der Waals surface area contributed by atoms with Crippen LogP contribution in [0.3, 0.4) is 0 Å². The normalized spacial score (nSPS) is 14.5. The summed E-state index contributed by atoms with van der Waals surface area (Å²) in [4.78, 5) is 18.5. The number of amides is 1. The van der Waals surface area contributed by atoms with Crippen LogP contribution in [0.1, 0.15) is 5.56 Å². The fourth-order valence-corrected chi connectivity index (χ4v) is 3.57. The Labute approximate surface area is 170 Å². The van der Waals surface area contributed by atoms with E-state index in [1.165, 1.54) is 6.07 Å². The lowest BCUT2D eigenvalue weighted by molar-refractivity contribution is -0.132. The zero-order valence-electron chi connectivity index (χ0n) is 16.2. The van der Waals surface area contributed by atoms with Crippen LogP contribution in [0.25, 0.3) is 0 Å². The number of rotatable bonds is 6. The zero-order valence-corrected chi connectivity index (χ0v) is 17.0. The number of hydrogen-bond acceptors (Lipinski definition) is 4. The van der Waals surface area contributed by atoms with Crippen molar-refractivity contribution in [3.63, 3.8) is 0 Å². The lowest BCUT2D eigenvalue weighted by Crippen LogP contribution is -2.51. The maximum Gasteiger partial charge on any atom is 0.236 e. The molecule has 7 heteroatoms. The lowest BCUT2D eigenvalue weighted by atomic mass is 10.2. The van der Waals surface area contributed by atoms with Crippen LogP contribution in [0, 0.1) is 5.82 Å². The lowest BCUT2D eigenvalue weighted by Gasteiger charge is -2.36. The second-order valence-electron chi connectivity index (χ2n) is 6.94. The number of methoxy groups -OCH3 is 1. The highest BCUT2D eigenvalue weighted by atomic mass is 35.5. The summed E-state index contributed by atoms with van der Waals surface area (Å²) >= 11 is 6.08. The third-order valence-corrected chi connectivity index (χ3v) is 5.32. The van der Waals surface area contributed by atoms with Gasteiger partial charge < -0.3 is 14.5 Å². The average molecular weight is 406 g/mol. The molecule has 2 aromatic carbocycles. The van der Waals surface area contributed by atoms with Crippen molar-refractivity contribution in [1.29, 1.82) is 0 Å². The molecule has 1 aliphatic heterocycles. The monoisotopic (exact) mass is 405 g/mol. The Morgan fingerprint density at radius 3 is 2.43 bits per heavy atom. The fourth-order valence-electron chi connectivity index (χ4n) is 3.35. The van der Waals surface area contributed by atoms with Gasteiger partial charge >= 0.3 is 0 Å². The van der Waals surface area contributed by atoms with Crippen LogP contribution in [-0.2, 0) is 11.3 Å². The van der Waals surface area contributed by atoms with E-state index in [0.717, 1.165) is 24.5 Å². The van der Waals surface area contributed by atoms with Crippen LogP contribution in [0.2, 0.25) is 5.02 Å². The van der Waals surface area contributed by atoms with Crippen molar-refractivity contribution in [2.75, 3.05) is 51.8 Å². The van der Waals surface area contributed by atoms with Gasteiger partial charge in [0.05, 0.1) is 13.7 Å². The number of carbonyl (C=O) groups is 1. The minimum absolute atomic E-state index is 0.0457. The fraction of sp³-hybridized carbons (Fsp3) is 0.381. The topological polar surface area (TPSA) is 36.0 Å². The number of hydrogen-bond donors (Lipinski definition) is 0. The standard InChI is InChI=1S/C21H25ClFN3O2/c1-24(14-18-19(22)4-3-5-20(18)23)15-21(27)26-12-10-25(11-13-26)16-6-8-17(28-2)9-7-16/h3-9H,10-15H2,1-2H3. The van der Waals surface area contributed by atoms with Gasteiger partial charge in [-0.1, -0.05) is 17.7 Å². The highest BCUT2D eigenvalue weighted by Crippen LogP contribution is 2.22. The summed E-state index contributed by atoms with van der Waals surface area (Å²) in [6.07, 6.45) is 0. The minimum atomic E-state index is -0.347. The zero-order chi connectivity index (χ0) is 20.1. The Kier molecular flexibility index (Phi) is 6.75. The molecule has 150 valence electrons. The first-order valence-corrected chi connectivity index (χ1v) is 9.64. The highest BCUT2D eigenvalue weighted by Gasteiger charge is 2.22. The first-order valence-electron chi connectivity index (χ1n) is 9.26. The molecule has 28 heavy (non-hydrogen) atoms. The summed E-state index contributed by atoms with van der Waals surface area (Å²) in [5.74, 6) is 0.528. The number of piperazine rings is 1. The molecule has 1 heterocycles. The van der Waals surface area contributed by atoms with Gasteiger partial charge in [0.2, 0.25) is 5.91 Å². The van der Waals surface area contributed by atoms with Crippen LogP contribution >= 0.6 is 11.6 Å². The van der Waals surface area contributed by atoms with Gasteiger partial charge in [0.25, 0.3) is 0 Å². The number of benzene rings is 2. The molecule has 0 unspecified atom stereocenters. The summed E-state index contributed by atoms with van der Waals surface area (Å²) < 4.78 is 19.1. The van der Waals surface area contributed by atoms with Crippen molar-refractivity contribution in [3.05, 3.63) is 58.9 Å². The molecule has 1 aliphatic rings. The molecule has 0 saturated carbocycles. The maximum absolute atomic E-state index is 13.9. The molecule has 1 saturated heterocycles. The van der Waals surface area contributed by atoms with Crippen molar-refractivity contribution >= 4 is 23.2 Å². The molecular formula is C21H25ClFN3O2. The molecule has 0 spiro atoms. The Bertz CT molecular complexity index is 788. The molecule has 0 aromatic heterocycles. The molecule has 0 radical (unpaired) electrons. The van der Waals surface area contributed by atoms with E-state index in [1.807, 2.05) is 29.2 Å². The third-order valence-electron chi connectivity index (χ3n) is 4.96. The quantitative estimate of drug-likeness (QED) is 0.739. The van der Waals surface area contributed by atoms with Crippen molar-refractivity contribution in [3.8, 4) is 5.75 Å². The molecule has 1 fully saturated rings. The third kappa shape index (κ3) is 4.94. The minimum Gasteiger partial charge on any atom is -0.497 e. The van der Waals surface area contributed by atoms with E-state index in [9.17, 15) is 9.18 Å². The van der Waals surface area contributed by atoms with Crippen molar-refractivity contribution in [1.82, 2.24) is 9.80 Å². The van der Waals surface area contributed by atoms with Crippen LogP contribution in [0.5, 0.6) is 5.75 Å². The molecule has 0 aliphatic carbocycles. The van der Waals surface area contributed by atoms with Gasteiger partial charge in [0.1, 0.15) is 11.6 Å². The molecule has 5 nitrogen and oxygen atoms in total. The predicted molar refractivity (Wildman–Crippen MR) is 110 cm³/mol. The van der Waals surface area contributed by atoms with E-state index in [4.69, 9.17) is 16.3 Å². The molecule has 0 bridgehead atoms. The van der Waals surface area contributed by atoms with Crippen LogP contribution in [-0.4, -0.2) is 62.6 Å². The van der Waals surface area contributed by atoms with Gasteiger partial charge in [0.15, 0.2) is 0 Å². The van der Waals surface area contributed by atoms with Gasteiger partial charge in [0, 0.05) is 49.0 Å². The predicted octanol–water partition coefficient (Wildman–Crippen LogP) is 3.27. The molecule has 3 rings (SSSR count). The Balaban J connectivity index is 1.50. The van der Waals surface area contributed by atoms with E-state index in [2.05, 4.69) is 4.90 Å². The van der Waals surface area contributed by atoms with Crippen molar-refractivity contribution in [2.24, 2.45) is 0 Å². The molecule has 2 aromatic rings. The second kappa shape index (κ2) is 9.26. The number of carbonyl (C=O) groups excluding carboxylic acids is 1. The van der Waals surface area contributed by atoms with E-state index in [-0.39, 0.29) is 18.3 Å². The van der Waals surface area contributed by atoms with Gasteiger partial charge in [-0.15, -0.1) is 0 Å². The summed E-state index contributed by atoms with van der Waals surface area (Å²) in [6, 6.07) is 12.6. The number of likely N-dealkylation sites (N-methyl/N-ethyl adjacent to an activating group) is 1. The largest absolute Gasteiger partial charge is 0.497 e. The van der Waals surface area contributed by atoms with E-state index >= 15 is 0 Å². The number of ether oxygens (including phenoxy) is 1. The van der Waals surface area contributed by atoms with Crippen LogP contribution in [0.4, 0.5) is 10.1 Å². The van der Waals surface area contributed by atoms with Crippen molar-refractivity contribution in [2.45, 2.75) is 6.54 Å². The first-order chi connectivity index (χ1) is 13.5. The second-order valence-corrected chi connectivity index (χ2v) is 7.35. The number of halogens is 2. The first kappa shape index (κ1) is 20.4. The van der Waals surface area contributed by atoms with E-state index in [0.29, 0.717) is 30.2 Å². The van der Waals surface area contributed by atoms with Crippen LogP contribution in [0.15, 0.2) is 42.5 Å². The Morgan fingerprint density at radius 2 is 1.82 bits per heavy atom. The molecule has 1 amide bonds. The smallest absolute Gasteiger partial charge is 0.236 e. The SMILES string of the molecule is COc1ccc(N2CCN(C(=O)CN(C)Cc3c(F)cccc3Cl)CC2)cc1. The van der Waals surface area contributed by atoms with Gasteiger partial charge in [-0.05, 0) is 43.4 Å². The molecular weight excluding hydrogens is 381 g/mol. The van der Waals surface area contributed by atoms with Gasteiger partial charge in [-0.2, -0.15) is 0 Å². The Hall–Kier alpha value is -2.31. The van der Waals surface area contributed by atoms with Gasteiger partial charge in [-0.25, -0.2) is 4.39 Å². The Morgan fingerprint density at radius 1 is 1.14 bits per heavy atom. The molecule has 0 N–H and O–H groups in total. The maximum atomic E-state index is 13.9. The summed E-state index contributed by atoms with van der Waals surface area (Å²) in [5.41, 5.74) is 1.54. The van der Waals surface area contributed by atoms with Gasteiger partial charge in [-0.3, -0.25) is 9.69 Å². The summed E-state index contributed by atoms with van der Waals surface area (Å²) in [7, 11) is 3.45. The average Bonchev–Trinajstić information content (AvgIpc) is 2.71. The van der Waals surface area contributed by atoms with E-state index < -0.39 is 0 Å². The van der Waals surface area contributed by atoms with Crippen LogP contribution < -0.4 is 9.64 Å². The van der Waals surface area contributed by atoms with Crippen molar-refractivity contribution < 1.29 is 13.9 Å². The number of anilines is 1. The summed E-state index contributed by atoms with van der Waals surface area (Å²) in [5, 5.41) is 0.382. The number of nitrogens with zero attached hydrogens (tertiary/aromatic N) is 3. The summed E-state index contributed by atoms with van der Waals surface area (Å²) in [6.45, 7) is 3.41. The highest BCUT2D eigenvalue weighted by molar-refractivity contribution is 6.31. The van der Waals surface area contributed by atoms with E-state index in [1.54, 1.807) is 31.2 Å².